The molecule has 162 valence electrons. The van der Waals surface area contributed by atoms with Crippen LogP contribution in [0.1, 0.15) is 5.89 Å². The van der Waals surface area contributed by atoms with Gasteiger partial charge in [0.05, 0.1) is 18.8 Å². The fraction of sp³-hybridized carbons (Fsp3) is 0.222. The Morgan fingerprint density at radius 3 is 2.71 bits per heavy atom. The molecule has 4 rings (SSSR count). The molecule has 1 atom stereocenters. The van der Waals surface area contributed by atoms with E-state index in [-0.39, 0.29) is 23.7 Å². The van der Waals surface area contributed by atoms with E-state index in [1.54, 1.807) is 19.1 Å². The summed E-state index contributed by atoms with van der Waals surface area (Å²) in [6.45, 7) is 1.13. The van der Waals surface area contributed by atoms with Crippen molar-refractivity contribution in [2.75, 3.05) is 18.1 Å². The van der Waals surface area contributed by atoms with E-state index in [1.807, 2.05) is 0 Å². The summed E-state index contributed by atoms with van der Waals surface area (Å²) in [7, 11) is -4.69. The lowest BCUT2D eigenvalue weighted by molar-refractivity contribution is 0.0880. The molecule has 1 aliphatic heterocycles. The highest BCUT2D eigenvalue weighted by Crippen LogP contribution is 2.37. The smallest absolute Gasteiger partial charge is 0.441 e. The third-order valence-corrected chi connectivity index (χ3v) is 4.87. The van der Waals surface area contributed by atoms with Gasteiger partial charge in [0, 0.05) is 24.2 Å². The molecule has 1 aliphatic rings. The number of nitrogens with zero attached hydrogens (tertiary/aromatic N) is 4. The highest BCUT2D eigenvalue weighted by molar-refractivity contribution is 7.46. The zero-order valence-corrected chi connectivity index (χ0v) is 16.9. The normalized spacial score (nSPS) is 16.6. The number of cyclic esters (lactones) is 1. The second-order valence-electron chi connectivity index (χ2n) is 6.63. The second kappa shape index (κ2) is 8.16. The number of amides is 1. The molecule has 0 aliphatic carbocycles. The number of pyridine rings is 1. The standard InChI is InChI=1S/C18H16FN4O7P/c1-10-21-22-17(29-10)16-5-2-11(7-20-16)14-4-3-12(6-15(14)19)23-8-13(30-18(23)24)9-28-31(25,26)27/h2-7,13H,8-9H2,1H3,(H2,25,26,27). The first-order valence-electron chi connectivity index (χ1n) is 8.94. The number of ether oxygens (including phenoxy) is 1. The van der Waals surface area contributed by atoms with Gasteiger partial charge >= 0.3 is 13.9 Å². The predicted molar refractivity (Wildman–Crippen MR) is 103 cm³/mol. The number of halogens is 1. The van der Waals surface area contributed by atoms with E-state index in [4.69, 9.17) is 18.9 Å². The number of carbonyl (C=O) groups excluding carboxylic acids is 1. The molecule has 1 fully saturated rings. The van der Waals surface area contributed by atoms with Crippen molar-refractivity contribution in [1.82, 2.24) is 15.2 Å². The lowest BCUT2D eigenvalue weighted by Crippen LogP contribution is -2.25. The van der Waals surface area contributed by atoms with Gasteiger partial charge in [0.2, 0.25) is 5.89 Å². The average Bonchev–Trinajstić information content (AvgIpc) is 3.31. The Bertz CT molecular complexity index is 1160. The molecule has 0 bridgehead atoms. The number of aryl methyl sites for hydroxylation is 1. The topological polar surface area (TPSA) is 148 Å². The second-order valence-corrected chi connectivity index (χ2v) is 7.86. The number of phosphoric acid groups is 1. The summed E-state index contributed by atoms with van der Waals surface area (Å²) in [4.78, 5) is 34.9. The zero-order valence-electron chi connectivity index (χ0n) is 16.0. The van der Waals surface area contributed by atoms with Crippen molar-refractivity contribution in [3.05, 3.63) is 48.2 Å². The highest BCUT2D eigenvalue weighted by Gasteiger charge is 2.34. The summed E-state index contributed by atoms with van der Waals surface area (Å²) in [5, 5.41) is 7.61. The van der Waals surface area contributed by atoms with Crippen molar-refractivity contribution >= 4 is 19.6 Å². The van der Waals surface area contributed by atoms with E-state index in [0.717, 1.165) is 11.0 Å². The summed E-state index contributed by atoms with van der Waals surface area (Å²) < 4.78 is 40.2. The van der Waals surface area contributed by atoms with Crippen molar-refractivity contribution in [3.63, 3.8) is 0 Å². The minimum Gasteiger partial charge on any atom is -0.441 e. The number of hydrogen-bond donors (Lipinski definition) is 2. The quantitative estimate of drug-likeness (QED) is 0.537. The molecule has 1 unspecified atom stereocenters. The summed E-state index contributed by atoms with van der Waals surface area (Å²) in [5.74, 6) is 0.0617. The molecule has 1 aromatic carbocycles. The molecule has 3 aromatic rings. The lowest BCUT2D eigenvalue weighted by atomic mass is 10.1. The average molecular weight is 450 g/mol. The van der Waals surface area contributed by atoms with Gasteiger partial charge in [-0.2, -0.15) is 0 Å². The van der Waals surface area contributed by atoms with Crippen molar-refractivity contribution < 1.29 is 37.2 Å². The third kappa shape index (κ3) is 4.78. The molecule has 2 aromatic heterocycles. The van der Waals surface area contributed by atoms with Gasteiger partial charge in [-0.15, -0.1) is 10.2 Å². The Balaban J connectivity index is 1.49. The van der Waals surface area contributed by atoms with Crippen molar-refractivity contribution in [2.24, 2.45) is 0 Å². The fourth-order valence-corrected chi connectivity index (χ4v) is 3.35. The number of carbonyl (C=O) groups is 1. The zero-order chi connectivity index (χ0) is 22.2. The first-order valence-corrected chi connectivity index (χ1v) is 10.5. The molecule has 2 N–H and O–H groups in total. The highest BCUT2D eigenvalue weighted by atomic mass is 31.2. The number of phosphoric ester groups is 1. The summed E-state index contributed by atoms with van der Waals surface area (Å²) in [5.41, 5.74) is 1.44. The number of hydrogen-bond acceptors (Lipinski definition) is 8. The fourth-order valence-electron chi connectivity index (χ4n) is 2.99. The van der Waals surface area contributed by atoms with Gasteiger partial charge < -0.3 is 18.9 Å². The Kier molecular flexibility index (Phi) is 5.54. The van der Waals surface area contributed by atoms with Gasteiger partial charge in [-0.25, -0.2) is 13.8 Å². The van der Waals surface area contributed by atoms with Gasteiger partial charge in [-0.05, 0) is 24.3 Å². The maximum Gasteiger partial charge on any atom is 0.469 e. The van der Waals surface area contributed by atoms with Crippen LogP contribution in [0.15, 0.2) is 40.9 Å². The Hall–Kier alpha value is -3.18. The van der Waals surface area contributed by atoms with E-state index in [9.17, 15) is 13.8 Å². The largest absolute Gasteiger partial charge is 0.469 e. The van der Waals surface area contributed by atoms with Crippen molar-refractivity contribution in [2.45, 2.75) is 13.0 Å². The van der Waals surface area contributed by atoms with Gasteiger partial charge in [-0.3, -0.25) is 14.4 Å². The molecule has 3 heterocycles. The molecule has 31 heavy (non-hydrogen) atoms. The summed E-state index contributed by atoms with van der Waals surface area (Å²) in [6.07, 6.45) is -0.202. The van der Waals surface area contributed by atoms with Crippen LogP contribution in [0.25, 0.3) is 22.7 Å². The van der Waals surface area contributed by atoms with Gasteiger partial charge in [-0.1, -0.05) is 6.07 Å². The first-order chi connectivity index (χ1) is 14.7. The molecular formula is C18H16FN4O7P. The number of benzene rings is 1. The number of anilines is 1. The molecule has 0 spiro atoms. The van der Waals surface area contributed by atoms with Gasteiger partial charge in [0.15, 0.2) is 0 Å². The molecule has 0 saturated carbocycles. The van der Waals surface area contributed by atoms with Gasteiger partial charge in [0.25, 0.3) is 5.89 Å². The minimum atomic E-state index is -4.69. The predicted octanol–water partition coefficient (Wildman–Crippen LogP) is 2.68. The molecule has 0 radical (unpaired) electrons. The van der Waals surface area contributed by atoms with E-state index >= 15 is 0 Å². The number of rotatable bonds is 6. The maximum absolute atomic E-state index is 14.8. The van der Waals surface area contributed by atoms with Crippen molar-refractivity contribution in [3.8, 4) is 22.7 Å². The SMILES string of the molecule is Cc1nnc(-c2ccc(-c3ccc(N4CC(COP(=O)(O)O)OC4=O)cc3F)cn2)o1. The van der Waals surface area contributed by atoms with Gasteiger partial charge in [0.1, 0.15) is 17.6 Å². The van der Waals surface area contributed by atoms with E-state index in [1.165, 1.54) is 18.3 Å². The molecule has 13 heteroatoms. The van der Waals surface area contributed by atoms with E-state index in [0.29, 0.717) is 17.1 Å². The van der Waals surface area contributed by atoms with Crippen LogP contribution in [0.2, 0.25) is 0 Å². The van der Waals surface area contributed by atoms with Crippen LogP contribution in [0, 0.1) is 12.7 Å². The third-order valence-electron chi connectivity index (χ3n) is 4.39. The van der Waals surface area contributed by atoms with Crippen LogP contribution >= 0.6 is 7.82 Å². The Morgan fingerprint density at radius 2 is 2.10 bits per heavy atom. The lowest BCUT2D eigenvalue weighted by Gasteiger charge is -2.14. The Labute approximate surface area is 174 Å². The van der Waals surface area contributed by atoms with Crippen LogP contribution in [-0.2, 0) is 13.8 Å². The monoisotopic (exact) mass is 450 g/mol. The Morgan fingerprint density at radius 1 is 1.29 bits per heavy atom. The van der Waals surface area contributed by atoms with E-state index < -0.39 is 32.4 Å². The van der Waals surface area contributed by atoms with Crippen LogP contribution in [0.5, 0.6) is 0 Å². The summed E-state index contributed by atoms with van der Waals surface area (Å²) >= 11 is 0. The van der Waals surface area contributed by atoms with Crippen LogP contribution < -0.4 is 4.90 Å². The molecule has 1 saturated heterocycles. The number of aromatic nitrogens is 3. The maximum atomic E-state index is 14.8. The molecule has 1 amide bonds. The minimum absolute atomic E-state index is 0.0442. The van der Waals surface area contributed by atoms with Crippen LogP contribution in [-0.4, -0.2) is 50.3 Å². The molecular weight excluding hydrogens is 434 g/mol. The molecule has 11 nitrogen and oxygen atoms in total. The first kappa shape index (κ1) is 21.1. The van der Waals surface area contributed by atoms with E-state index in [2.05, 4.69) is 19.7 Å². The van der Waals surface area contributed by atoms with Crippen LogP contribution in [0.3, 0.4) is 0 Å². The van der Waals surface area contributed by atoms with Crippen molar-refractivity contribution in [1.29, 1.82) is 0 Å². The summed E-state index contributed by atoms with van der Waals surface area (Å²) in [6, 6.07) is 7.46. The van der Waals surface area contributed by atoms with Crippen LogP contribution in [0.4, 0.5) is 14.9 Å².